The number of anilines is 1. The third kappa shape index (κ3) is 3.98. The number of hydrogen-bond acceptors (Lipinski definition) is 3. The molecule has 2 fully saturated rings. The van der Waals surface area contributed by atoms with Gasteiger partial charge < -0.3 is 19.5 Å². The van der Waals surface area contributed by atoms with E-state index in [1.807, 2.05) is 18.3 Å². The highest BCUT2D eigenvalue weighted by atomic mass is 32.1. The number of nitrogens with zero attached hydrogens (tertiary/aromatic N) is 3. The number of aromatic nitrogens is 2. The second-order valence-corrected chi connectivity index (χ2v) is 8.62. The second-order valence-electron chi connectivity index (χ2n) is 8.24. The summed E-state index contributed by atoms with van der Waals surface area (Å²) in [4.78, 5) is 6.91. The summed E-state index contributed by atoms with van der Waals surface area (Å²) in [5, 5.41) is 4.29. The molecule has 0 radical (unpaired) electrons. The average molecular weight is 433 g/mol. The van der Waals surface area contributed by atoms with Gasteiger partial charge in [0.2, 0.25) is 0 Å². The van der Waals surface area contributed by atoms with Crippen molar-refractivity contribution in [1.82, 2.24) is 14.9 Å². The first-order valence-electron chi connectivity index (χ1n) is 11.1. The summed E-state index contributed by atoms with van der Waals surface area (Å²) in [5.74, 6) is 0. The maximum absolute atomic E-state index is 5.93. The van der Waals surface area contributed by atoms with Crippen molar-refractivity contribution < 1.29 is 4.74 Å². The Bertz CT molecular complexity index is 1030. The molecule has 1 N–H and O–H groups in total. The molecule has 2 aliphatic rings. The molecule has 0 bridgehead atoms. The van der Waals surface area contributed by atoms with Crippen molar-refractivity contribution in [1.29, 1.82) is 0 Å². The zero-order chi connectivity index (χ0) is 21.2. The minimum absolute atomic E-state index is 0.00581. The van der Waals surface area contributed by atoms with E-state index >= 15 is 0 Å². The minimum atomic E-state index is -0.0299. The lowest BCUT2D eigenvalue weighted by molar-refractivity contribution is 0.0961. The van der Waals surface area contributed by atoms with Gasteiger partial charge in [0.05, 0.1) is 17.8 Å². The first-order chi connectivity index (χ1) is 15.2. The Kier molecular flexibility index (Phi) is 5.74. The lowest BCUT2D eigenvalue weighted by atomic mass is 10.0. The van der Waals surface area contributed by atoms with E-state index in [0.717, 1.165) is 48.9 Å². The van der Waals surface area contributed by atoms with E-state index in [1.165, 1.54) is 11.3 Å². The van der Waals surface area contributed by atoms with Crippen LogP contribution in [0.4, 0.5) is 5.69 Å². The van der Waals surface area contributed by atoms with Gasteiger partial charge in [0, 0.05) is 36.9 Å². The van der Waals surface area contributed by atoms with Crippen molar-refractivity contribution in [3.8, 4) is 0 Å². The first kappa shape index (κ1) is 20.2. The predicted molar refractivity (Wildman–Crippen MR) is 127 cm³/mol. The predicted octanol–water partition coefficient (Wildman–Crippen LogP) is 4.80. The normalized spacial score (nSPS) is 23.3. The molecule has 3 aromatic rings. The van der Waals surface area contributed by atoms with Crippen LogP contribution >= 0.6 is 12.2 Å². The van der Waals surface area contributed by atoms with E-state index in [4.69, 9.17) is 17.0 Å². The highest BCUT2D eigenvalue weighted by Gasteiger charge is 2.42. The molecule has 2 aliphatic heterocycles. The molecule has 2 saturated heterocycles. The van der Waals surface area contributed by atoms with Crippen molar-refractivity contribution in [2.24, 2.45) is 0 Å². The molecule has 3 atom stereocenters. The number of aryl methyl sites for hydroxylation is 1. The summed E-state index contributed by atoms with van der Waals surface area (Å²) in [6.07, 6.45) is 7.56. The lowest BCUT2D eigenvalue weighted by Gasteiger charge is -2.29. The number of thiocarbonyl (C=S) groups is 1. The van der Waals surface area contributed by atoms with Gasteiger partial charge >= 0.3 is 0 Å². The van der Waals surface area contributed by atoms with Crippen molar-refractivity contribution in [3.63, 3.8) is 0 Å². The number of nitrogens with one attached hydrogen (secondary N) is 1. The van der Waals surface area contributed by atoms with Crippen LogP contribution in [0.25, 0.3) is 0 Å². The number of hydrogen-bond donors (Lipinski definition) is 1. The van der Waals surface area contributed by atoms with Gasteiger partial charge in [-0.15, -0.1) is 0 Å². The molecule has 0 unspecified atom stereocenters. The summed E-state index contributed by atoms with van der Waals surface area (Å²) in [6, 6.07) is 19.1. The maximum Gasteiger partial charge on any atom is 0.174 e. The summed E-state index contributed by atoms with van der Waals surface area (Å²) >= 11 is 5.85. The molecule has 2 aromatic heterocycles. The average Bonchev–Trinajstić information content (AvgIpc) is 3.55. The minimum Gasteiger partial charge on any atom is -0.376 e. The number of pyridine rings is 1. The zero-order valence-corrected chi connectivity index (χ0v) is 18.6. The van der Waals surface area contributed by atoms with Crippen LogP contribution in [-0.4, -0.2) is 27.4 Å². The highest BCUT2D eigenvalue weighted by molar-refractivity contribution is 7.80. The smallest absolute Gasteiger partial charge is 0.174 e. The van der Waals surface area contributed by atoms with Crippen LogP contribution in [0.2, 0.25) is 0 Å². The molecule has 0 aliphatic carbocycles. The van der Waals surface area contributed by atoms with E-state index in [2.05, 4.69) is 75.4 Å². The third-order valence-corrected chi connectivity index (χ3v) is 6.63. The number of rotatable bonds is 6. The van der Waals surface area contributed by atoms with Gasteiger partial charge in [-0.25, -0.2) is 0 Å². The number of benzene rings is 1. The molecule has 6 heteroatoms. The summed E-state index contributed by atoms with van der Waals surface area (Å²) in [7, 11) is 0. The van der Waals surface area contributed by atoms with Crippen molar-refractivity contribution in [2.75, 3.05) is 11.5 Å². The quantitative estimate of drug-likeness (QED) is 0.567. The topological polar surface area (TPSA) is 42.3 Å². The van der Waals surface area contributed by atoms with Gasteiger partial charge in [-0.3, -0.25) is 4.98 Å². The Morgan fingerprint density at radius 1 is 1.13 bits per heavy atom. The fourth-order valence-corrected chi connectivity index (χ4v) is 5.04. The fourth-order valence-electron chi connectivity index (χ4n) is 4.70. The fraction of sp³-hybridized carbons (Fsp3) is 0.360. The van der Waals surface area contributed by atoms with E-state index in [-0.39, 0.29) is 18.2 Å². The largest absolute Gasteiger partial charge is 0.376 e. The van der Waals surface area contributed by atoms with Gasteiger partial charge in [0.25, 0.3) is 0 Å². The van der Waals surface area contributed by atoms with Gasteiger partial charge in [-0.2, -0.15) is 0 Å². The first-order valence-corrected chi connectivity index (χ1v) is 11.5. The van der Waals surface area contributed by atoms with Gasteiger partial charge in [0.15, 0.2) is 5.11 Å². The van der Waals surface area contributed by atoms with Crippen LogP contribution in [0.5, 0.6) is 0 Å². The third-order valence-electron chi connectivity index (χ3n) is 6.31. The van der Waals surface area contributed by atoms with Gasteiger partial charge in [-0.05, 0) is 73.4 Å². The van der Waals surface area contributed by atoms with E-state index in [1.54, 1.807) is 0 Å². The maximum atomic E-state index is 5.93. The Labute approximate surface area is 189 Å². The molecule has 160 valence electrons. The molecule has 0 spiro atoms. The molecular weight excluding hydrogens is 404 g/mol. The van der Waals surface area contributed by atoms with Gasteiger partial charge in [-0.1, -0.05) is 25.1 Å². The van der Waals surface area contributed by atoms with E-state index < -0.39 is 0 Å². The molecule has 4 heterocycles. The Morgan fingerprint density at radius 3 is 2.71 bits per heavy atom. The molecular formula is C25H28N4OS. The van der Waals surface area contributed by atoms with Crippen molar-refractivity contribution in [2.45, 2.75) is 50.9 Å². The van der Waals surface area contributed by atoms with Crippen LogP contribution < -0.4 is 10.2 Å². The monoisotopic (exact) mass is 432 g/mol. The Hall–Kier alpha value is -2.70. The van der Waals surface area contributed by atoms with E-state index in [9.17, 15) is 0 Å². The lowest BCUT2D eigenvalue weighted by Crippen LogP contribution is -2.31. The second kappa shape index (κ2) is 8.81. The van der Waals surface area contributed by atoms with E-state index in [0.29, 0.717) is 0 Å². The standard InChI is InChI=1S/C25H28N4OS/c1-2-18-10-12-19(13-11-18)29-24(23(27-25(29)31)21-8-3-4-14-26-21)22-9-5-15-28(22)17-20-7-6-16-30-20/h3-5,8-15,20,23-24H,2,6-7,16-17H2,1H3,(H,27,31)/t20-,23-,24+/m0/s1. The zero-order valence-electron chi connectivity index (χ0n) is 17.8. The van der Waals surface area contributed by atoms with Crippen LogP contribution in [0, 0.1) is 0 Å². The Balaban J connectivity index is 1.56. The van der Waals surface area contributed by atoms with Crippen LogP contribution in [0.3, 0.4) is 0 Å². The van der Waals surface area contributed by atoms with Crippen molar-refractivity contribution in [3.05, 3.63) is 83.9 Å². The van der Waals surface area contributed by atoms with Crippen LogP contribution in [0.1, 0.15) is 48.8 Å². The molecule has 1 aromatic carbocycles. The summed E-state index contributed by atoms with van der Waals surface area (Å²) < 4.78 is 8.26. The summed E-state index contributed by atoms with van der Waals surface area (Å²) in [6.45, 7) is 3.90. The molecule has 5 nitrogen and oxygen atoms in total. The van der Waals surface area contributed by atoms with Crippen molar-refractivity contribution >= 4 is 23.0 Å². The van der Waals surface area contributed by atoms with Crippen LogP contribution in [-0.2, 0) is 17.7 Å². The summed E-state index contributed by atoms with van der Waals surface area (Å²) in [5.41, 5.74) is 4.63. The highest BCUT2D eigenvalue weighted by Crippen LogP contribution is 2.41. The van der Waals surface area contributed by atoms with Gasteiger partial charge in [0.1, 0.15) is 6.04 Å². The molecule has 0 saturated carbocycles. The Morgan fingerprint density at radius 2 is 2.00 bits per heavy atom. The molecule has 0 amide bonds. The molecule has 5 rings (SSSR count). The SMILES string of the molecule is CCc1ccc(N2C(=S)N[C@@H](c3ccccn3)[C@H]2c2cccn2C[C@@H]2CCCO2)cc1. The van der Waals surface area contributed by atoms with Crippen LogP contribution in [0.15, 0.2) is 67.0 Å². The molecule has 31 heavy (non-hydrogen) atoms. The number of ether oxygens (including phenoxy) is 1.